The van der Waals surface area contributed by atoms with Gasteiger partial charge in [-0.25, -0.2) is 0 Å². The zero-order chi connectivity index (χ0) is 14.4. The van der Waals surface area contributed by atoms with Gasteiger partial charge in [-0.15, -0.1) is 0 Å². The van der Waals surface area contributed by atoms with E-state index in [9.17, 15) is 0 Å². The fourth-order valence-corrected chi connectivity index (χ4v) is 3.48. The fraction of sp³-hybridized carbons (Fsp3) is 1.00. The SMILES string of the molecule is CCC(C)CN1CCN(CCC2CCN(C)CC2)CC1. The predicted octanol–water partition coefficient (Wildman–Crippen LogP) is 2.38. The van der Waals surface area contributed by atoms with Crippen molar-refractivity contribution < 1.29 is 0 Å². The van der Waals surface area contributed by atoms with Crippen LogP contribution < -0.4 is 0 Å². The number of nitrogens with zero attached hydrogens (tertiary/aromatic N) is 3. The molecule has 1 unspecified atom stereocenters. The molecule has 2 heterocycles. The third-order valence-electron chi connectivity index (χ3n) is 5.42. The van der Waals surface area contributed by atoms with E-state index in [1.165, 1.54) is 78.0 Å². The maximum absolute atomic E-state index is 2.70. The molecule has 0 N–H and O–H groups in total. The van der Waals surface area contributed by atoms with Crippen LogP contribution in [0.5, 0.6) is 0 Å². The quantitative estimate of drug-likeness (QED) is 0.740. The maximum atomic E-state index is 2.70. The predicted molar refractivity (Wildman–Crippen MR) is 87.2 cm³/mol. The summed E-state index contributed by atoms with van der Waals surface area (Å²) >= 11 is 0. The highest BCUT2D eigenvalue weighted by Gasteiger charge is 2.20. The summed E-state index contributed by atoms with van der Waals surface area (Å²) in [5.41, 5.74) is 0. The fourth-order valence-electron chi connectivity index (χ4n) is 3.48. The third-order valence-corrected chi connectivity index (χ3v) is 5.42. The van der Waals surface area contributed by atoms with E-state index in [-0.39, 0.29) is 0 Å². The Morgan fingerprint density at radius 1 is 0.950 bits per heavy atom. The van der Waals surface area contributed by atoms with Crippen molar-refractivity contribution in [2.24, 2.45) is 11.8 Å². The highest BCUT2D eigenvalue weighted by atomic mass is 15.3. The molecule has 0 aromatic carbocycles. The molecule has 0 bridgehead atoms. The molecule has 0 amide bonds. The Morgan fingerprint density at radius 3 is 2.15 bits per heavy atom. The van der Waals surface area contributed by atoms with Gasteiger partial charge in [0.05, 0.1) is 0 Å². The molecule has 3 nitrogen and oxygen atoms in total. The van der Waals surface area contributed by atoms with Crippen LogP contribution in [0.4, 0.5) is 0 Å². The summed E-state index contributed by atoms with van der Waals surface area (Å²) < 4.78 is 0. The van der Waals surface area contributed by atoms with Crippen LogP contribution in [0, 0.1) is 11.8 Å². The molecule has 0 aromatic rings. The van der Waals surface area contributed by atoms with Crippen molar-refractivity contribution in [3.63, 3.8) is 0 Å². The lowest BCUT2D eigenvalue weighted by Gasteiger charge is -2.37. The van der Waals surface area contributed by atoms with Gasteiger partial charge in [-0.05, 0) is 57.8 Å². The first kappa shape index (κ1) is 16.3. The summed E-state index contributed by atoms with van der Waals surface area (Å²) in [6.07, 6.45) is 5.59. The Bertz CT molecular complexity index is 253. The smallest absolute Gasteiger partial charge is 0.0110 e. The lowest BCUT2D eigenvalue weighted by molar-refractivity contribution is 0.109. The van der Waals surface area contributed by atoms with Crippen molar-refractivity contribution in [1.29, 1.82) is 0 Å². The molecular weight excluding hydrogens is 246 g/mol. The van der Waals surface area contributed by atoms with Crippen LogP contribution in [-0.4, -0.2) is 74.1 Å². The van der Waals surface area contributed by atoms with Gasteiger partial charge >= 0.3 is 0 Å². The van der Waals surface area contributed by atoms with Gasteiger partial charge in [-0.2, -0.15) is 0 Å². The Balaban J connectivity index is 1.57. The number of piperidine rings is 1. The zero-order valence-electron chi connectivity index (χ0n) is 14.0. The molecule has 2 aliphatic heterocycles. The number of likely N-dealkylation sites (tertiary alicyclic amines) is 1. The second kappa shape index (κ2) is 8.35. The van der Waals surface area contributed by atoms with Crippen molar-refractivity contribution in [1.82, 2.24) is 14.7 Å². The van der Waals surface area contributed by atoms with Crippen LogP contribution in [0.1, 0.15) is 39.5 Å². The van der Waals surface area contributed by atoms with Crippen LogP contribution in [0.15, 0.2) is 0 Å². The van der Waals surface area contributed by atoms with E-state index in [4.69, 9.17) is 0 Å². The second-order valence-corrected chi connectivity index (χ2v) is 7.19. The van der Waals surface area contributed by atoms with Crippen molar-refractivity contribution in [2.45, 2.75) is 39.5 Å². The summed E-state index contributed by atoms with van der Waals surface area (Å²) in [7, 11) is 2.26. The molecule has 0 saturated carbocycles. The van der Waals surface area contributed by atoms with Gasteiger partial charge in [-0.3, -0.25) is 0 Å². The van der Waals surface area contributed by atoms with Crippen LogP contribution >= 0.6 is 0 Å². The van der Waals surface area contributed by atoms with E-state index < -0.39 is 0 Å². The van der Waals surface area contributed by atoms with Gasteiger partial charge < -0.3 is 14.7 Å². The number of piperazine rings is 1. The molecule has 1 atom stereocenters. The molecule has 2 aliphatic rings. The number of hydrogen-bond donors (Lipinski definition) is 0. The number of hydrogen-bond acceptors (Lipinski definition) is 3. The van der Waals surface area contributed by atoms with Crippen LogP contribution in [-0.2, 0) is 0 Å². The Morgan fingerprint density at radius 2 is 1.55 bits per heavy atom. The largest absolute Gasteiger partial charge is 0.306 e. The zero-order valence-corrected chi connectivity index (χ0v) is 14.0. The Kier molecular flexibility index (Phi) is 6.79. The van der Waals surface area contributed by atoms with Crippen LogP contribution in [0.3, 0.4) is 0 Å². The minimum atomic E-state index is 0.862. The third kappa shape index (κ3) is 5.34. The average molecular weight is 281 g/mol. The molecule has 20 heavy (non-hydrogen) atoms. The number of rotatable bonds is 6. The summed E-state index contributed by atoms with van der Waals surface area (Å²) in [4.78, 5) is 7.84. The topological polar surface area (TPSA) is 9.72 Å². The van der Waals surface area contributed by atoms with E-state index in [2.05, 4.69) is 35.6 Å². The van der Waals surface area contributed by atoms with E-state index in [1.807, 2.05) is 0 Å². The van der Waals surface area contributed by atoms with Gasteiger partial charge in [0.1, 0.15) is 0 Å². The first-order valence-corrected chi connectivity index (χ1v) is 8.80. The first-order valence-electron chi connectivity index (χ1n) is 8.80. The summed E-state index contributed by atoms with van der Waals surface area (Å²) in [5, 5.41) is 0. The lowest BCUT2D eigenvalue weighted by atomic mass is 9.93. The van der Waals surface area contributed by atoms with E-state index in [0.29, 0.717) is 0 Å². The van der Waals surface area contributed by atoms with Crippen molar-refractivity contribution >= 4 is 0 Å². The molecule has 0 aliphatic carbocycles. The molecule has 0 aromatic heterocycles. The van der Waals surface area contributed by atoms with Crippen molar-refractivity contribution in [3.05, 3.63) is 0 Å². The van der Waals surface area contributed by atoms with Crippen LogP contribution in [0.2, 0.25) is 0 Å². The van der Waals surface area contributed by atoms with Gasteiger partial charge in [0.15, 0.2) is 0 Å². The average Bonchev–Trinajstić information content (AvgIpc) is 2.48. The Labute approximate surface area is 126 Å². The van der Waals surface area contributed by atoms with E-state index in [0.717, 1.165) is 11.8 Å². The second-order valence-electron chi connectivity index (χ2n) is 7.19. The summed E-state index contributed by atoms with van der Waals surface area (Å²) in [5.74, 6) is 1.85. The normalized spacial score (nSPS) is 25.9. The standard InChI is InChI=1S/C17H35N3/c1-4-16(2)15-20-13-11-19(12-14-20)10-7-17-5-8-18(3)9-6-17/h16-17H,4-15H2,1-3H3. The van der Waals surface area contributed by atoms with Crippen molar-refractivity contribution in [3.8, 4) is 0 Å². The minimum Gasteiger partial charge on any atom is -0.306 e. The first-order chi connectivity index (χ1) is 9.67. The van der Waals surface area contributed by atoms with Crippen LogP contribution in [0.25, 0.3) is 0 Å². The lowest BCUT2D eigenvalue weighted by Crippen LogP contribution is -2.48. The van der Waals surface area contributed by atoms with Gasteiger partial charge in [0.2, 0.25) is 0 Å². The summed E-state index contributed by atoms with van der Waals surface area (Å²) in [6.45, 7) is 15.1. The highest BCUT2D eigenvalue weighted by molar-refractivity contribution is 4.76. The minimum absolute atomic E-state index is 0.862. The van der Waals surface area contributed by atoms with Crippen molar-refractivity contribution in [2.75, 3.05) is 59.4 Å². The molecule has 118 valence electrons. The van der Waals surface area contributed by atoms with E-state index >= 15 is 0 Å². The molecule has 3 heteroatoms. The monoisotopic (exact) mass is 281 g/mol. The van der Waals surface area contributed by atoms with Gasteiger partial charge in [0, 0.05) is 32.7 Å². The molecule has 0 spiro atoms. The molecule has 2 saturated heterocycles. The van der Waals surface area contributed by atoms with E-state index in [1.54, 1.807) is 0 Å². The van der Waals surface area contributed by atoms with Gasteiger partial charge in [0.25, 0.3) is 0 Å². The highest BCUT2D eigenvalue weighted by Crippen LogP contribution is 2.20. The summed E-state index contributed by atoms with van der Waals surface area (Å²) in [6, 6.07) is 0. The Hall–Kier alpha value is -0.120. The van der Waals surface area contributed by atoms with Gasteiger partial charge in [-0.1, -0.05) is 20.3 Å². The maximum Gasteiger partial charge on any atom is 0.0110 e. The molecule has 0 radical (unpaired) electrons. The molecule has 2 rings (SSSR count). The molecule has 2 fully saturated rings. The molecular formula is C17H35N3.